The van der Waals surface area contributed by atoms with Gasteiger partial charge in [0, 0.05) is 5.88 Å². The van der Waals surface area contributed by atoms with Crippen molar-refractivity contribution >= 4 is 11.6 Å². The van der Waals surface area contributed by atoms with Gasteiger partial charge in [0.25, 0.3) is 0 Å². The Balaban J connectivity index is 3.17. The normalized spacial score (nSPS) is 10.5. The fraction of sp³-hybridized carbons (Fsp3) is 0.800. The van der Waals surface area contributed by atoms with Crippen molar-refractivity contribution in [3.63, 3.8) is 0 Å². The van der Waals surface area contributed by atoms with E-state index in [1.165, 1.54) is 18.4 Å². The molecule has 0 radical (unpaired) electrons. The Morgan fingerprint density at radius 2 is 2.00 bits per heavy atom. The average molecular weight is 175 g/mol. The molecule has 0 amide bonds. The number of alkyl halides is 1. The van der Waals surface area contributed by atoms with Crippen LogP contribution in [0, 0.1) is 5.92 Å². The van der Waals surface area contributed by atoms with E-state index in [0.717, 1.165) is 24.6 Å². The highest BCUT2D eigenvalue weighted by atomic mass is 35.5. The van der Waals surface area contributed by atoms with Crippen LogP contribution in [0.4, 0.5) is 0 Å². The van der Waals surface area contributed by atoms with E-state index in [0.29, 0.717) is 0 Å². The van der Waals surface area contributed by atoms with E-state index in [1.54, 1.807) is 0 Å². The first-order valence-corrected chi connectivity index (χ1v) is 4.93. The summed E-state index contributed by atoms with van der Waals surface area (Å²) >= 11 is 5.58. The van der Waals surface area contributed by atoms with E-state index >= 15 is 0 Å². The molecule has 0 fully saturated rings. The lowest BCUT2D eigenvalue weighted by atomic mass is 10.0. The van der Waals surface area contributed by atoms with Crippen LogP contribution in [0.2, 0.25) is 0 Å². The molecule has 0 spiro atoms. The average Bonchev–Trinajstić information content (AvgIpc) is 1.87. The summed E-state index contributed by atoms with van der Waals surface area (Å²) < 4.78 is 0. The van der Waals surface area contributed by atoms with Crippen molar-refractivity contribution in [2.75, 3.05) is 5.88 Å². The van der Waals surface area contributed by atoms with Crippen molar-refractivity contribution in [3.05, 3.63) is 12.2 Å². The number of hydrogen-bond acceptors (Lipinski definition) is 0. The standard InChI is InChI=1S/C10H19Cl/c1-9(2)5-4-6-10(3)7-8-11/h9H,3-8H2,1-2H3. The minimum atomic E-state index is 0.723. The summed E-state index contributed by atoms with van der Waals surface area (Å²) in [6, 6.07) is 0. The van der Waals surface area contributed by atoms with Crippen LogP contribution in [0.5, 0.6) is 0 Å². The highest BCUT2D eigenvalue weighted by molar-refractivity contribution is 6.17. The van der Waals surface area contributed by atoms with Gasteiger partial charge in [0.2, 0.25) is 0 Å². The third kappa shape index (κ3) is 7.93. The fourth-order valence-corrected chi connectivity index (χ4v) is 1.29. The second-order valence-corrected chi connectivity index (χ2v) is 3.85. The molecule has 0 aromatic rings. The van der Waals surface area contributed by atoms with E-state index < -0.39 is 0 Å². The number of halogens is 1. The molecule has 0 aliphatic heterocycles. The molecule has 0 aromatic heterocycles. The third-order valence-electron chi connectivity index (χ3n) is 1.76. The SMILES string of the molecule is C=C(CCCl)CCCC(C)C. The van der Waals surface area contributed by atoms with Crippen LogP contribution in [-0.4, -0.2) is 5.88 Å². The fourth-order valence-electron chi connectivity index (χ4n) is 1.02. The van der Waals surface area contributed by atoms with Crippen molar-refractivity contribution in [1.29, 1.82) is 0 Å². The molecule has 1 heteroatoms. The van der Waals surface area contributed by atoms with Crippen molar-refractivity contribution < 1.29 is 0 Å². The predicted octanol–water partition coefficient (Wildman–Crippen LogP) is 4.00. The summed E-state index contributed by atoms with van der Waals surface area (Å²) in [6.07, 6.45) is 4.72. The molecule has 0 nitrogen and oxygen atoms in total. The van der Waals surface area contributed by atoms with E-state index in [9.17, 15) is 0 Å². The van der Waals surface area contributed by atoms with Gasteiger partial charge in [-0.2, -0.15) is 0 Å². The van der Waals surface area contributed by atoms with Crippen LogP contribution in [0.3, 0.4) is 0 Å². The molecule has 0 bridgehead atoms. The van der Waals surface area contributed by atoms with Crippen molar-refractivity contribution in [2.24, 2.45) is 5.92 Å². The Morgan fingerprint density at radius 3 is 2.45 bits per heavy atom. The molecule has 0 heterocycles. The van der Waals surface area contributed by atoms with Gasteiger partial charge in [0.1, 0.15) is 0 Å². The van der Waals surface area contributed by atoms with E-state index in [2.05, 4.69) is 20.4 Å². The van der Waals surface area contributed by atoms with Crippen LogP contribution in [0.25, 0.3) is 0 Å². The molecular weight excluding hydrogens is 156 g/mol. The molecule has 0 rings (SSSR count). The minimum Gasteiger partial charge on any atom is -0.126 e. The summed E-state index contributed by atoms with van der Waals surface area (Å²) in [7, 11) is 0. The van der Waals surface area contributed by atoms with Gasteiger partial charge in [-0.3, -0.25) is 0 Å². The topological polar surface area (TPSA) is 0 Å². The highest BCUT2D eigenvalue weighted by Gasteiger charge is 1.96. The monoisotopic (exact) mass is 174 g/mol. The maximum absolute atomic E-state index is 5.58. The number of hydrogen-bond donors (Lipinski definition) is 0. The maximum atomic E-state index is 5.58. The molecule has 0 unspecified atom stereocenters. The van der Waals surface area contributed by atoms with Crippen molar-refractivity contribution in [2.45, 2.75) is 39.5 Å². The van der Waals surface area contributed by atoms with Gasteiger partial charge in [-0.1, -0.05) is 32.4 Å². The highest BCUT2D eigenvalue weighted by Crippen LogP contribution is 2.13. The quantitative estimate of drug-likeness (QED) is 0.422. The summed E-state index contributed by atoms with van der Waals surface area (Å²) in [5, 5.41) is 0. The zero-order valence-corrected chi connectivity index (χ0v) is 8.45. The first-order chi connectivity index (χ1) is 5.16. The summed E-state index contributed by atoms with van der Waals surface area (Å²) in [4.78, 5) is 0. The lowest BCUT2D eigenvalue weighted by Gasteiger charge is -2.05. The maximum Gasteiger partial charge on any atom is 0.0260 e. The smallest absolute Gasteiger partial charge is 0.0260 e. The Morgan fingerprint density at radius 1 is 1.36 bits per heavy atom. The summed E-state index contributed by atoms with van der Waals surface area (Å²) in [6.45, 7) is 8.47. The second kappa shape index (κ2) is 6.72. The van der Waals surface area contributed by atoms with Crippen LogP contribution in [0.1, 0.15) is 39.5 Å². The van der Waals surface area contributed by atoms with Gasteiger partial charge < -0.3 is 0 Å². The Kier molecular flexibility index (Phi) is 6.74. The van der Waals surface area contributed by atoms with E-state index in [1.807, 2.05) is 0 Å². The van der Waals surface area contributed by atoms with Gasteiger partial charge in [-0.05, 0) is 25.2 Å². The zero-order chi connectivity index (χ0) is 8.69. The zero-order valence-electron chi connectivity index (χ0n) is 7.70. The summed E-state index contributed by atoms with van der Waals surface area (Å²) in [5.41, 5.74) is 1.31. The molecule has 0 aliphatic carbocycles. The lowest BCUT2D eigenvalue weighted by molar-refractivity contribution is 0.552. The van der Waals surface area contributed by atoms with Crippen LogP contribution in [0.15, 0.2) is 12.2 Å². The van der Waals surface area contributed by atoms with Crippen LogP contribution < -0.4 is 0 Å². The third-order valence-corrected chi connectivity index (χ3v) is 1.95. The molecule has 0 saturated carbocycles. The van der Waals surface area contributed by atoms with Crippen molar-refractivity contribution in [1.82, 2.24) is 0 Å². The molecule has 0 atom stereocenters. The first-order valence-electron chi connectivity index (χ1n) is 4.39. The largest absolute Gasteiger partial charge is 0.126 e. The molecular formula is C10H19Cl. The predicted molar refractivity (Wildman–Crippen MR) is 53.2 cm³/mol. The minimum absolute atomic E-state index is 0.723. The molecule has 0 aromatic carbocycles. The Labute approximate surface area is 75.6 Å². The second-order valence-electron chi connectivity index (χ2n) is 3.48. The van der Waals surface area contributed by atoms with Crippen LogP contribution >= 0.6 is 11.6 Å². The molecule has 66 valence electrons. The van der Waals surface area contributed by atoms with Gasteiger partial charge in [-0.15, -0.1) is 11.6 Å². The van der Waals surface area contributed by atoms with Gasteiger partial charge >= 0.3 is 0 Å². The van der Waals surface area contributed by atoms with E-state index in [-0.39, 0.29) is 0 Å². The van der Waals surface area contributed by atoms with Crippen molar-refractivity contribution in [3.8, 4) is 0 Å². The molecule has 0 aliphatic rings. The molecule has 0 saturated heterocycles. The van der Waals surface area contributed by atoms with Crippen LogP contribution in [-0.2, 0) is 0 Å². The molecule has 11 heavy (non-hydrogen) atoms. The number of rotatable bonds is 6. The Hall–Kier alpha value is 0.0300. The first kappa shape index (κ1) is 11.0. The molecule has 0 N–H and O–H groups in total. The lowest BCUT2D eigenvalue weighted by Crippen LogP contribution is -1.89. The van der Waals surface area contributed by atoms with Gasteiger partial charge in [0.15, 0.2) is 0 Å². The summed E-state index contributed by atoms with van der Waals surface area (Å²) in [5.74, 6) is 1.54. The van der Waals surface area contributed by atoms with Gasteiger partial charge in [-0.25, -0.2) is 0 Å². The van der Waals surface area contributed by atoms with E-state index in [4.69, 9.17) is 11.6 Å². The van der Waals surface area contributed by atoms with Gasteiger partial charge in [0.05, 0.1) is 0 Å². The Bertz CT molecular complexity index is 105. The number of allylic oxidation sites excluding steroid dienone is 1.